The second-order valence-corrected chi connectivity index (χ2v) is 8.34. The summed E-state index contributed by atoms with van der Waals surface area (Å²) in [5.41, 5.74) is 8.66. The van der Waals surface area contributed by atoms with E-state index < -0.39 is 5.91 Å². The van der Waals surface area contributed by atoms with Crippen LogP contribution in [0, 0.1) is 6.92 Å². The number of nitrogens with two attached hydrogens (primary N) is 1. The number of benzene rings is 1. The highest BCUT2D eigenvalue weighted by atomic mass is 32.1. The van der Waals surface area contributed by atoms with Gasteiger partial charge < -0.3 is 21.3 Å². The molecule has 0 saturated carbocycles. The van der Waals surface area contributed by atoms with Gasteiger partial charge in [0, 0.05) is 24.7 Å². The Labute approximate surface area is 184 Å². The highest BCUT2D eigenvalue weighted by molar-refractivity contribution is 7.10. The van der Waals surface area contributed by atoms with E-state index in [2.05, 4.69) is 24.9 Å². The summed E-state index contributed by atoms with van der Waals surface area (Å²) in [7, 11) is 0. The number of aryl methyl sites for hydroxylation is 1. The number of carbonyl (C=O) groups is 2. The molecule has 3 heterocycles. The third-order valence-corrected chi connectivity index (χ3v) is 5.95. The molecule has 1 atom stereocenters. The average molecular weight is 437 g/mol. The van der Waals surface area contributed by atoms with Crippen molar-refractivity contribution in [1.82, 2.24) is 14.7 Å². The number of rotatable bonds is 6. The number of hydrogen-bond donors (Lipinski definition) is 3. The quantitative estimate of drug-likeness (QED) is 0.547. The fourth-order valence-corrected chi connectivity index (χ4v) is 4.34. The molecule has 4 N–H and O–H groups in total. The van der Waals surface area contributed by atoms with Gasteiger partial charge in [0.15, 0.2) is 5.69 Å². The molecule has 1 aromatic carbocycles. The monoisotopic (exact) mass is 436 g/mol. The largest absolute Gasteiger partial charge is 0.368 e. The molecular weight excluding hydrogens is 412 g/mol. The molecule has 2 aromatic heterocycles. The standard InChI is InChI=1S/C22H24N6O2S/c1-14-10-19(31-27-14)26-18-11-17(12-24-20(18)21(23)29)28-9-5-8-16(13-28)25-22(30)15-6-3-2-4-7-15/h2-4,6-7,10-12,16,26H,5,8-9,13H2,1H3,(H2,23,29)(H,25,30)/t16-/m1/s1. The van der Waals surface area contributed by atoms with E-state index in [-0.39, 0.29) is 17.6 Å². The first-order chi connectivity index (χ1) is 15.0. The van der Waals surface area contributed by atoms with Gasteiger partial charge in [-0.3, -0.25) is 9.59 Å². The van der Waals surface area contributed by atoms with Gasteiger partial charge in [0.25, 0.3) is 11.8 Å². The Morgan fingerprint density at radius 2 is 2.03 bits per heavy atom. The van der Waals surface area contributed by atoms with Crippen LogP contribution in [0.25, 0.3) is 0 Å². The Kier molecular flexibility index (Phi) is 6.13. The van der Waals surface area contributed by atoms with Crippen molar-refractivity contribution >= 4 is 39.7 Å². The summed E-state index contributed by atoms with van der Waals surface area (Å²) in [4.78, 5) is 30.9. The molecule has 1 fully saturated rings. The van der Waals surface area contributed by atoms with Crippen molar-refractivity contribution in [2.24, 2.45) is 5.73 Å². The molecule has 1 aliphatic rings. The maximum Gasteiger partial charge on any atom is 0.269 e. The fraction of sp³-hybridized carbons (Fsp3) is 0.273. The summed E-state index contributed by atoms with van der Waals surface area (Å²) in [6.07, 6.45) is 3.51. The molecule has 0 bridgehead atoms. The molecule has 9 heteroatoms. The van der Waals surface area contributed by atoms with Crippen LogP contribution in [0.1, 0.15) is 39.4 Å². The number of anilines is 3. The molecule has 0 unspecified atom stereocenters. The summed E-state index contributed by atoms with van der Waals surface area (Å²) < 4.78 is 4.25. The van der Waals surface area contributed by atoms with Crippen LogP contribution in [0.5, 0.6) is 0 Å². The van der Waals surface area contributed by atoms with Gasteiger partial charge in [-0.1, -0.05) is 18.2 Å². The minimum atomic E-state index is -0.595. The lowest BCUT2D eigenvalue weighted by Crippen LogP contribution is -2.47. The van der Waals surface area contributed by atoms with E-state index in [1.165, 1.54) is 11.5 Å². The Hall–Kier alpha value is -3.46. The number of nitrogens with zero attached hydrogens (tertiary/aromatic N) is 3. The van der Waals surface area contributed by atoms with Crippen molar-refractivity contribution < 1.29 is 9.59 Å². The summed E-state index contributed by atoms with van der Waals surface area (Å²) in [6, 6.07) is 13.0. The number of aromatic nitrogens is 2. The molecule has 0 spiro atoms. The Morgan fingerprint density at radius 3 is 2.74 bits per heavy atom. The summed E-state index contributed by atoms with van der Waals surface area (Å²) in [5, 5.41) is 7.15. The third kappa shape index (κ3) is 5.00. The number of nitrogens with one attached hydrogen (secondary N) is 2. The van der Waals surface area contributed by atoms with Crippen molar-refractivity contribution in [2.75, 3.05) is 23.3 Å². The van der Waals surface area contributed by atoms with Crippen LogP contribution in [0.2, 0.25) is 0 Å². The van der Waals surface area contributed by atoms with Crippen LogP contribution in [0.4, 0.5) is 16.4 Å². The van der Waals surface area contributed by atoms with Gasteiger partial charge in [-0.25, -0.2) is 4.98 Å². The predicted octanol–water partition coefficient (Wildman–Crippen LogP) is 3.09. The van der Waals surface area contributed by atoms with Crippen LogP contribution in [0.15, 0.2) is 48.7 Å². The fourth-order valence-electron chi connectivity index (χ4n) is 3.66. The zero-order valence-electron chi connectivity index (χ0n) is 17.2. The van der Waals surface area contributed by atoms with Crippen molar-refractivity contribution in [3.05, 3.63) is 65.6 Å². The number of primary amides is 1. The summed E-state index contributed by atoms with van der Waals surface area (Å²) in [6.45, 7) is 3.41. The molecule has 8 nitrogen and oxygen atoms in total. The lowest BCUT2D eigenvalue weighted by atomic mass is 10.0. The predicted molar refractivity (Wildman–Crippen MR) is 122 cm³/mol. The zero-order chi connectivity index (χ0) is 21.8. The summed E-state index contributed by atoms with van der Waals surface area (Å²) in [5.74, 6) is -0.667. The highest BCUT2D eigenvalue weighted by Crippen LogP contribution is 2.28. The molecule has 0 radical (unpaired) electrons. The van der Waals surface area contributed by atoms with Crippen LogP contribution in [0.3, 0.4) is 0 Å². The van der Waals surface area contributed by atoms with Gasteiger partial charge in [-0.2, -0.15) is 4.37 Å². The van der Waals surface area contributed by atoms with E-state index >= 15 is 0 Å². The van der Waals surface area contributed by atoms with E-state index in [0.717, 1.165) is 35.8 Å². The first-order valence-electron chi connectivity index (χ1n) is 10.1. The first-order valence-corrected chi connectivity index (χ1v) is 10.9. The molecular formula is C22H24N6O2S. The molecule has 3 aromatic rings. The highest BCUT2D eigenvalue weighted by Gasteiger charge is 2.23. The minimum Gasteiger partial charge on any atom is -0.368 e. The number of hydrogen-bond acceptors (Lipinski definition) is 7. The average Bonchev–Trinajstić information content (AvgIpc) is 3.19. The minimum absolute atomic E-state index is 0.0258. The lowest BCUT2D eigenvalue weighted by Gasteiger charge is -2.35. The number of carbonyl (C=O) groups excluding carboxylic acids is 2. The smallest absolute Gasteiger partial charge is 0.269 e. The maximum atomic E-state index is 12.5. The van der Waals surface area contributed by atoms with Gasteiger partial charge in [-0.15, -0.1) is 0 Å². The number of piperidine rings is 1. The Morgan fingerprint density at radius 1 is 1.23 bits per heavy atom. The topological polar surface area (TPSA) is 113 Å². The van der Waals surface area contributed by atoms with Crippen LogP contribution >= 0.6 is 11.5 Å². The van der Waals surface area contributed by atoms with Gasteiger partial charge >= 0.3 is 0 Å². The van der Waals surface area contributed by atoms with E-state index in [1.807, 2.05) is 49.4 Å². The van der Waals surface area contributed by atoms with E-state index in [9.17, 15) is 9.59 Å². The van der Waals surface area contributed by atoms with E-state index in [0.29, 0.717) is 17.8 Å². The normalized spacial score (nSPS) is 16.0. The van der Waals surface area contributed by atoms with Crippen LogP contribution in [-0.4, -0.2) is 40.3 Å². The van der Waals surface area contributed by atoms with Crippen molar-refractivity contribution in [3.63, 3.8) is 0 Å². The third-order valence-electron chi connectivity index (χ3n) is 5.15. The molecule has 1 saturated heterocycles. The van der Waals surface area contributed by atoms with Crippen LogP contribution in [-0.2, 0) is 0 Å². The molecule has 160 valence electrons. The molecule has 4 rings (SSSR count). The SMILES string of the molecule is Cc1cc(Nc2cc(N3CCC[C@@H](NC(=O)c4ccccc4)C3)cnc2C(N)=O)sn1. The van der Waals surface area contributed by atoms with E-state index in [1.54, 1.807) is 6.20 Å². The Balaban J connectivity index is 1.50. The van der Waals surface area contributed by atoms with Gasteiger partial charge in [0.1, 0.15) is 5.00 Å². The number of pyridine rings is 1. The van der Waals surface area contributed by atoms with Crippen LogP contribution < -0.4 is 21.3 Å². The molecule has 1 aliphatic heterocycles. The lowest BCUT2D eigenvalue weighted by molar-refractivity contribution is 0.0932. The van der Waals surface area contributed by atoms with Gasteiger partial charge in [-0.05, 0) is 55.6 Å². The van der Waals surface area contributed by atoms with Crippen molar-refractivity contribution in [3.8, 4) is 0 Å². The van der Waals surface area contributed by atoms with Gasteiger partial charge in [0.05, 0.1) is 23.3 Å². The molecule has 2 amide bonds. The second kappa shape index (κ2) is 9.13. The summed E-state index contributed by atoms with van der Waals surface area (Å²) >= 11 is 1.31. The van der Waals surface area contributed by atoms with Gasteiger partial charge in [0.2, 0.25) is 0 Å². The Bertz CT molecular complexity index is 1080. The maximum absolute atomic E-state index is 12.5. The van der Waals surface area contributed by atoms with Crippen molar-refractivity contribution in [2.45, 2.75) is 25.8 Å². The van der Waals surface area contributed by atoms with Crippen molar-refractivity contribution in [1.29, 1.82) is 0 Å². The molecule has 31 heavy (non-hydrogen) atoms. The second-order valence-electron chi connectivity index (χ2n) is 7.54. The number of amides is 2. The first kappa shape index (κ1) is 20.8. The zero-order valence-corrected chi connectivity index (χ0v) is 18.0. The van der Waals surface area contributed by atoms with E-state index in [4.69, 9.17) is 5.73 Å². The molecule has 0 aliphatic carbocycles.